The van der Waals surface area contributed by atoms with Gasteiger partial charge in [-0.05, 0) is 38.1 Å². The summed E-state index contributed by atoms with van der Waals surface area (Å²) in [5, 5.41) is 10.4. The Kier molecular flexibility index (Phi) is 5.10. The number of nitrogens with zero attached hydrogens (tertiary/aromatic N) is 5. The Morgan fingerprint density at radius 2 is 1.88 bits per heavy atom. The van der Waals surface area contributed by atoms with Crippen LogP contribution in [0.15, 0.2) is 47.6 Å². The smallest absolute Gasteiger partial charge is 0.290 e. The van der Waals surface area contributed by atoms with Crippen molar-refractivity contribution in [1.82, 2.24) is 24.2 Å². The van der Waals surface area contributed by atoms with Crippen LogP contribution in [0.25, 0.3) is 28.2 Å². The number of hydrogen-bond donors (Lipinski definition) is 1. The van der Waals surface area contributed by atoms with Crippen LogP contribution in [0.4, 0.5) is 13.2 Å². The highest BCUT2D eigenvalue weighted by Gasteiger charge is 2.39. The van der Waals surface area contributed by atoms with Gasteiger partial charge in [-0.3, -0.25) is 4.57 Å². The lowest BCUT2D eigenvalue weighted by Gasteiger charge is -2.17. The Bertz CT molecular complexity index is 1430. The molecular formula is C20H15F3N6O2S. The number of allylic oxidation sites excluding steroid dienone is 4. The van der Waals surface area contributed by atoms with Gasteiger partial charge in [-0.25, -0.2) is 23.4 Å². The zero-order chi connectivity index (χ0) is 23.3. The monoisotopic (exact) mass is 460 g/mol. The topological polar surface area (TPSA) is 114 Å². The highest BCUT2D eigenvalue weighted by Crippen LogP contribution is 2.35. The molecule has 0 radical (unpaired) electrons. The second-order valence-corrected chi connectivity index (χ2v) is 8.79. The van der Waals surface area contributed by atoms with Gasteiger partial charge in [0.05, 0.1) is 18.0 Å². The zero-order valence-electron chi connectivity index (χ0n) is 16.7. The summed E-state index contributed by atoms with van der Waals surface area (Å²) in [4.78, 5) is 12.1. The first-order valence-electron chi connectivity index (χ1n) is 9.25. The van der Waals surface area contributed by atoms with Gasteiger partial charge in [0, 0.05) is 16.8 Å². The number of halogens is 3. The Labute approximate surface area is 180 Å². The molecule has 0 spiro atoms. The number of alkyl halides is 3. The zero-order valence-corrected chi connectivity index (χ0v) is 17.5. The third-order valence-electron chi connectivity index (χ3n) is 4.83. The molecule has 0 aliphatic heterocycles. The quantitative estimate of drug-likeness (QED) is 0.625. The minimum atomic E-state index is -4.74. The van der Waals surface area contributed by atoms with Gasteiger partial charge in [0.15, 0.2) is 5.82 Å². The molecule has 0 bridgehead atoms. The summed E-state index contributed by atoms with van der Waals surface area (Å²) in [6.07, 6.45) is 2.47. The lowest BCUT2D eigenvalue weighted by molar-refractivity contribution is -0.147. The second kappa shape index (κ2) is 7.54. The van der Waals surface area contributed by atoms with Crippen LogP contribution in [-0.4, -0.2) is 40.2 Å². The van der Waals surface area contributed by atoms with E-state index >= 15 is 0 Å². The van der Waals surface area contributed by atoms with Gasteiger partial charge >= 0.3 is 6.18 Å². The number of pyridine rings is 1. The average Bonchev–Trinajstić information content (AvgIpc) is 2.99. The molecule has 3 aromatic heterocycles. The summed E-state index contributed by atoms with van der Waals surface area (Å²) in [5.74, 6) is 0.0289. The molecule has 0 fully saturated rings. The summed E-state index contributed by atoms with van der Waals surface area (Å²) in [7, 11) is -4.51. The average molecular weight is 460 g/mol. The molecule has 32 heavy (non-hydrogen) atoms. The summed E-state index contributed by atoms with van der Waals surface area (Å²) in [5.41, 5.74) is 2.51. The van der Waals surface area contributed by atoms with Gasteiger partial charge in [-0.2, -0.15) is 23.2 Å². The lowest BCUT2D eigenvalue weighted by atomic mass is 10.1. The van der Waals surface area contributed by atoms with Crippen LogP contribution in [0.1, 0.15) is 18.2 Å². The van der Waals surface area contributed by atoms with Gasteiger partial charge in [0.1, 0.15) is 28.3 Å². The second-order valence-electron chi connectivity index (χ2n) is 7.07. The van der Waals surface area contributed by atoms with Gasteiger partial charge in [0.25, 0.3) is 0 Å². The Morgan fingerprint density at radius 3 is 2.41 bits per heavy atom. The van der Waals surface area contributed by atoms with Gasteiger partial charge < -0.3 is 0 Å². The van der Waals surface area contributed by atoms with Gasteiger partial charge in [-0.1, -0.05) is 6.08 Å². The van der Waals surface area contributed by atoms with Crippen LogP contribution >= 0.6 is 0 Å². The van der Waals surface area contributed by atoms with Crippen LogP contribution in [-0.2, 0) is 10.0 Å². The summed E-state index contributed by atoms with van der Waals surface area (Å²) >= 11 is 0. The molecule has 0 saturated carbocycles. The van der Waals surface area contributed by atoms with Crippen LogP contribution in [0.5, 0.6) is 0 Å². The van der Waals surface area contributed by atoms with Crippen molar-refractivity contribution in [1.29, 1.82) is 5.26 Å². The van der Waals surface area contributed by atoms with Crippen molar-refractivity contribution in [3.8, 4) is 17.6 Å². The van der Waals surface area contributed by atoms with Crippen molar-refractivity contribution in [2.45, 2.75) is 31.0 Å². The van der Waals surface area contributed by atoms with E-state index in [9.17, 15) is 26.9 Å². The first kappa shape index (κ1) is 21.7. The van der Waals surface area contributed by atoms with E-state index in [1.807, 2.05) is 0 Å². The Morgan fingerprint density at radius 1 is 1.22 bits per heavy atom. The molecule has 4 rings (SSSR count). The third kappa shape index (κ3) is 3.65. The summed E-state index contributed by atoms with van der Waals surface area (Å²) in [6, 6.07) is 3.34. The number of fused-ring (bicyclic) bond motifs is 1. The van der Waals surface area contributed by atoms with Crippen LogP contribution in [0.2, 0.25) is 0 Å². The van der Waals surface area contributed by atoms with E-state index in [1.165, 1.54) is 0 Å². The van der Waals surface area contributed by atoms with E-state index in [1.54, 1.807) is 46.6 Å². The highest BCUT2D eigenvalue weighted by molar-refractivity contribution is 7.89. The fourth-order valence-corrected chi connectivity index (χ4v) is 4.22. The molecule has 1 aliphatic rings. The molecule has 1 N–H and O–H groups in total. The number of hydrogen-bond acceptors (Lipinski definition) is 6. The van der Waals surface area contributed by atoms with Crippen molar-refractivity contribution < 1.29 is 21.6 Å². The van der Waals surface area contributed by atoms with Crippen molar-refractivity contribution in [2.75, 3.05) is 0 Å². The maximum Gasteiger partial charge on any atom is 0.404 e. The first-order valence-corrected chi connectivity index (χ1v) is 10.7. The van der Waals surface area contributed by atoms with E-state index < -0.39 is 27.1 Å². The molecule has 164 valence electrons. The minimum Gasteiger partial charge on any atom is -0.290 e. The molecule has 0 amide bonds. The SMILES string of the molecule is Cc1ccc2c(C#N)c(-c3ncc(S(=O)(=O)NC(C)C(F)(F)F)cn3)n(C3=CC=C3)c2n1. The van der Waals surface area contributed by atoms with Crippen molar-refractivity contribution >= 4 is 26.8 Å². The number of sulfonamides is 1. The maximum atomic E-state index is 12.7. The molecule has 0 saturated heterocycles. The Balaban J connectivity index is 1.82. The molecule has 1 atom stereocenters. The third-order valence-corrected chi connectivity index (χ3v) is 6.33. The summed E-state index contributed by atoms with van der Waals surface area (Å²) in [6.45, 7) is 2.50. The molecular weight excluding hydrogens is 445 g/mol. The van der Waals surface area contributed by atoms with Crippen molar-refractivity contribution in [3.63, 3.8) is 0 Å². The van der Waals surface area contributed by atoms with Crippen LogP contribution in [0.3, 0.4) is 0 Å². The highest BCUT2D eigenvalue weighted by atomic mass is 32.2. The number of nitriles is 1. The predicted octanol–water partition coefficient (Wildman–Crippen LogP) is 3.31. The van der Waals surface area contributed by atoms with Crippen LogP contribution < -0.4 is 4.72 Å². The van der Waals surface area contributed by atoms with Gasteiger partial charge in [0.2, 0.25) is 10.0 Å². The van der Waals surface area contributed by atoms with Crippen LogP contribution in [0, 0.1) is 18.3 Å². The van der Waals surface area contributed by atoms with Crippen molar-refractivity contribution in [3.05, 3.63) is 54.0 Å². The number of rotatable bonds is 5. The fourth-order valence-electron chi connectivity index (χ4n) is 3.11. The predicted molar refractivity (Wildman–Crippen MR) is 109 cm³/mol. The van der Waals surface area contributed by atoms with Gasteiger partial charge in [-0.15, -0.1) is 0 Å². The minimum absolute atomic E-state index is 0.0289. The molecule has 8 nitrogen and oxygen atoms in total. The largest absolute Gasteiger partial charge is 0.404 e. The molecule has 12 heteroatoms. The normalized spacial score (nSPS) is 14.7. The first-order chi connectivity index (χ1) is 15.0. The van der Waals surface area contributed by atoms with E-state index in [0.717, 1.165) is 23.8 Å². The number of aryl methyl sites for hydroxylation is 1. The van der Waals surface area contributed by atoms with E-state index in [4.69, 9.17) is 0 Å². The van der Waals surface area contributed by atoms with E-state index in [-0.39, 0.29) is 11.4 Å². The Hall–Kier alpha value is -3.56. The number of nitrogens with one attached hydrogen (secondary N) is 1. The number of aromatic nitrogens is 4. The lowest BCUT2D eigenvalue weighted by Crippen LogP contribution is -2.43. The van der Waals surface area contributed by atoms with E-state index in [0.29, 0.717) is 23.7 Å². The molecule has 3 aromatic rings. The van der Waals surface area contributed by atoms with Crippen molar-refractivity contribution in [2.24, 2.45) is 0 Å². The molecule has 1 unspecified atom stereocenters. The summed E-state index contributed by atoms with van der Waals surface area (Å²) < 4.78 is 66.1. The molecule has 0 aromatic carbocycles. The van der Waals surface area contributed by atoms with E-state index in [2.05, 4.69) is 21.0 Å². The molecule has 3 heterocycles. The fraction of sp³-hybridized carbons (Fsp3) is 0.200. The standard InChI is InChI=1S/C20H15F3N6O2S/c1-11-6-7-15-16(8-24)17(29(19(15)27-11)13-4-3-5-13)18-25-9-14(10-26-18)32(30,31)28-12(2)20(21,22)23/h3-7,9-10,12,28H,1-2H3. The molecule has 1 aliphatic carbocycles. The maximum absolute atomic E-state index is 12.7.